The average Bonchev–Trinajstić information content (AvgIpc) is 2.74. The Hall–Kier alpha value is -2.65. The number of anilines is 2. The zero-order chi connectivity index (χ0) is 22.3. The van der Waals surface area contributed by atoms with E-state index in [9.17, 15) is 13.2 Å². The Morgan fingerprint density at radius 3 is 2.20 bits per heavy atom. The molecule has 30 heavy (non-hydrogen) atoms. The highest BCUT2D eigenvalue weighted by Crippen LogP contribution is 2.18. The number of sulfonamides is 1. The van der Waals surface area contributed by atoms with Gasteiger partial charge in [0.25, 0.3) is 0 Å². The highest BCUT2D eigenvalue weighted by atomic mass is 32.2. The van der Waals surface area contributed by atoms with Crippen LogP contribution in [0.2, 0.25) is 0 Å². The first-order valence-electron chi connectivity index (χ1n) is 9.90. The molecule has 0 saturated heterocycles. The van der Waals surface area contributed by atoms with E-state index in [4.69, 9.17) is 4.74 Å². The van der Waals surface area contributed by atoms with Crippen LogP contribution in [0.4, 0.5) is 11.5 Å². The van der Waals surface area contributed by atoms with Crippen molar-refractivity contribution in [3.05, 3.63) is 42.6 Å². The lowest BCUT2D eigenvalue weighted by Gasteiger charge is -2.22. The number of hydrogen-bond acceptors (Lipinski definition) is 6. The van der Waals surface area contributed by atoms with Gasteiger partial charge in [0, 0.05) is 13.1 Å². The third kappa shape index (κ3) is 5.93. The number of nitrogens with zero attached hydrogens (tertiary/aromatic N) is 2. The molecule has 164 valence electrons. The minimum Gasteiger partial charge on any atom is -0.497 e. The molecule has 1 heterocycles. The summed E-state index contributed by atoms with van der Waals surface area (Å²) in [6, 6.07) is 8.63. The van der Waals surface area contributed by atoms with Crippen molar-refractivity contribution in [2.24, 2.45) is 5.92 Å². The predicted octanol–water partition coefficient (Wildman–Crippen LogP) is 2.88. The van der Waals surface area contributed by atoms with Gasteiger partial charge >= 0.3 is 0 Å². The van der Waals surface area contributed by atoms with Gasteiger partial charge in [0.1, 0.15) is 17.6 Å². The number of nitrogens with one attached hydrogen (secondary N) is 2. The summed E-state index contributed by atoms with van der Waals surface area (Å²) in [4.78, 5) is 19.3. The lowest BCUT2D eigenvalue weighted by molar-refractivity contribution is -0.118. The van der Waals surface area contributed by atoms with Gasteiger partial charge in [0.15, 0.2) is 0 Å². The Bertz CT molecular complexity index is 924. The number of hydrogen-bond donors (Lipinski definition) is 2. The summed E-state index contributed by atoms with van der Waals surface area (Å²) in [6.07, 6.45) is 1.57. The Morgan fingerprint density at radius 2 is 1.73 bits per heavy atom. The van der Waals surface area contributed by atoms with Gasteiger partial charge in [0.2, 0.25) is 15.9 Å². The number of pyridine rings is 1. The fourth-order valence-electron chi connectivity index (χ4n) is 2.90. The fourth-order valence-corrected chi connectivity index (χ4v) is 4.24. The second-order valence-electron chi connectivity index (χ2n) is 7.09. The molecule has 0 unspecified atom stereocenters. The minimum absolute atomic E-state index is 0.0620. The molecule has 0 aliphatic carbocycles. The molecule has 2 rings (SSSR count). The van der Waals surface area contributed by atoms with Gasteiger partial charge in [-0.25, -0.2) is 13.4 Å². The first-order chi connectivity index (χ1) is 14.2. The number of ether oxygens (including phenoxy) is 1. The van der Waals surface area contributed by atoms with Crippen LogP contribution in [-0.2, 0) is 14.8 Å². The molecule has 2 N–H and O–H groups in total. The molecule has 0 bridgehead atoms. The van der Waals surface area contributed by atoms with Crippen molar-refractivity contribution < 1.29 is 17.9 Å². The normalized spacial score (nSPS) is 12.5. The van der Waals surface area contributed by atoms with Crippen LogP contribution in [0.5, 0.6) is 5.75 Å². The molecule has 0 fully saturated rings. The number of methoxy groups -OCH3 is 1. The summed E-state index contributed by atoms with van der Waals surface area (Å²) in [5.74, 6) is 0.659. The molecular formula is C21H30N4O4S. The van der Waals surface area contributed by atoms with E-state index in [0.717, 1.165) is 18.9 Å². The van der Waals surface area contributed by atoms with Crippen molar-refractivity contribution in [1.82, 2.24) is 9.71 Å². The van der Waals surface area contributed by atoms with Crippen molar-refractivity contribution in [2.75, 3.05) is 30.4 Å². The topological polar surface area (TPSA) is 101 Å². The van der Waals surface area contributed by atoms with Crippen LogP contribution in [0.15, 0.2) is 47.5 Å². The van der Waals surface area contributed by atoms with Gasteiger partial charge in [0.05, 0.1) is 23.9 Å². The molecular weight excluding hydrogens is 404 g/mol. The molecule has 0 aliphatic rings. The molecule has 2 aromatic rings. The lowest BCUT2D eigenvalue weighted by atomic mass is 10.1. The summed E-state index contributed by atoms with van der Waals surface area (Å²) in [5, 5.41) is 2.75. The summed E-state index contributed by atoms with van der Waals surface area (Å²) in [5.41, 5.74) is 0.505. The highest BCUT2D eigenvalue weighted by Gasteiger charge is 2.28. The van der Waals surface area contributed by atoms with E-state index in [-0.39, 0.29) is 10.8 Å². The van der Waals surface area contributed by atoms with Gasteiger partial charge in [-0.3, -0.25) is 4.79 Å². The average molecular weight is 435 g/mol. The van der Waals surface area contributed by atoms with Crippen molar-refractivity contribution >= 4 is 27.4 Å². The number of benzene rings is 1. The molecule has 8 nitrogen and oxygen atoms in total. The molecule has 9 heteroatoms. The molecule has 1 aromatic carbocycles. The lowest BCUT2D eigenvalue weighted by Crippen LogP contribution is -2.47. The third-order valence-corrected chi connectivity index (χ3v) is 6.16. The second-order valence-corrected chi connectivity index (χ2v) is 8.80. The third-order valence-electron chi connectivity index (χ3n) is 4.70. The number of aromatic nitrogens is 1. The first-order valence-corrected chi connectivity index (χ1v) is 11.4. The van der Waals surface area contributed by atoms with Crippen LogP contribution >= 0.6 is 0 Å². The predicted molar refractivity (Wildman–Crippen MR) is 118 cm³/mol. The molecule has 0 saturated carbocycles. The first kappa shape index (κ1) is 23.6. The quantitative estimate of drug-likeness (QED) is 0.596. The van der Waals surface area contributed by atoms with Crippen LogP contribution < -0.4 is 19.7 Å². The second kappa shape index (κ2) is 10.4. The maximum atomic E-state index is 12.8. The summed E-state index contributed by atoms with van der Waals surface area (Å²) in [7, 11) is -2.38. The monoisotopic (exact) mass is 434 g/mol. The Kier molecular flexibility index (Phi) is 8.19. The Labute approximate surface area is 178 Å². The number of amides is 1. The molecule has 0 aliphatic heterocycles. The fraction of sp³-hybridized carbons (Fsp3) is 0.429. The maximum Gasteiger partial charge on any atom is 0.242 e. The standard InChI is InChI=1S/C21H30N4O4S/c1-6-25(7-2)19-13-8-16(14-22-19)23-21(26)20(15(3)4)24-30(27,28)18-11-9-17(29-5)10-12-18/h8-15,20,24H,6-7H2,1-5H3,(H,23,26)/t20-/m0/s1. The van der Waals surface area contributed by atoms with E-state index in [1.165, 1.54) is 19.2 Å². The van der Waals surface area contributed by atoms with E-state index in [1.807, 2.05) is 19.9 Å². The maximum absolute atomic E-state index is 12.8. The number of rotatable bonds is 10. The van der Waals surface area contributed by atoms with Crippen molar-refractivity contribution in [3.63, 3.8) is 0 Å². The van der Waals surface area contributed by atoms with Crippen LogP contribution in [0.3, 0.4) is 0 Å². The zero-order valence-corrected chi connectivity index (χ0v) is 18.9. The van der Waals surface area contributed by atoms with Crippen molar-refractivity contribution in [1.29, 1.82) is 0 Å². The van der Waals surface area contributed by atoms with Crippen molar-refractivity contribution in [3.8, 4) is 5.75 Å². The largest absolute Gasteiger partial charge is 0.497 e. The van der Waals surface area contributed by atoms with Gasteiger partial charge in [-0.05, 0) is 56.2 Å². The molecule has 1 atom stereocenters. The number of carbonyl (C=O) groups excluding carboxylic acids is 1. The zero-order valence-electron chi connectivity index (χ0n) is 18.0. The Morgan fingerprint density at radius 1 is 1.10 bits per heavy atom. The van der Waals surface area contributed by atoms with E-state index in [0.29, 0.717) is 11.4 Å². The van der Waals surface area contributed by atoms with E-state index in [2.05, 4.69) is 19.9 Å². The molecule has 1 amide bonds. The molecule has 0 spiro atoms. The van der Waals surface area contributed by atoms with E-state index < -0.39 is 22.0 Å². The minimum atomic E-state index is -3.88. The molecule has 0 radical (unpaired) electrons. The van der Waals surface area contributed by atoms with Crippen LogP contribution in [-0.4, -0.2) is 45.6 Å². The van der Waals surface area contributed by atoms with Gasteiger partial charge < -0.3 is 15.0 Å². The van der Waals surface area contributed by atoms with Crippen LogP contribution in [0.1, 0.15) is 27.7 Å². The van der Waals surface area contributed by atoms with Crippen LogP contribution in [0, 0.1) is 5.92 Å². The van der Waals surface area contributed by atoms with Crippen LogP contribution in [0.25, 0.3) is 0 Å². The van der Waals surface area contributed by atoms with Crippen molar-refractivity contribution in [2.45, 2.75) is 38.6 Å². The number of carbonyl (C=O) groups is 1. The summed E-state index contributed by atoms with van der Waals surface area (Å²) in [6.45, 7) is 9.31. The smallest absolute Gasteiger partial charge is 0.242 e. The van der Waals surface area contributed by atoms with Gasteiger partial charge in [-0.1, -0.05) is 13.8 Å². The van der Waals surface area contributed by atoms with E-state index >= 15 is 0 Å². The summed E-state index contributed by atoms with van der Waals surface area (Å²) < 4.78 is 33.0. The van der Waals surface area contributed by atoms with Gasteiger partial charge in [-0.15, -0.1) is 0 Å². The molecule has 1 aromatic heterocycles. The van der Waals surface area contributed by atoms with Gasteiger partial charge in [-0.2, -0.15) is 4.72 Å². The highest BCUT2D eigenvalue weighted by molar-refractivity contribution is 7.89. The van der Waals surface area contributed by atoms with E-state index in [1.54, 1.807) is 38.2 Å². The Balaban J connectivity index is 2.14. The summed E-state index contributed by atoms with van der Waals surface area (Å²) >= 11 is 0. The SMILES string of the molecule is CCN(CC)c1ccc(NC(=O)[C@@H](NS(=O)(=O)c2ccc(OC)cc2)C(C)C)cn1.